The summed E-state index contributed by atoms with van der Waals surface area (Å²) in [6.07, 6.45) is 6.47. The van der Waals surface area contributed by atoms with Gasteiger partial charge in [-0.3, -0.25) is 0 Å². The molecular weight excluding hydrogens is 188 g/mol. The van der Waals surface area contributed by atoms with Gasteiger partial charge in [0.25, 0.3) is 0 Å². The van der Waals surface area contributed by atoms with Crippen LogP contribution in [0.25, 0.3) is 0 Å². The highest BCUT2D eigenvalue weighted by Crippen LogP contribution is 2.15. The normalized spacial score (nSPS) is 13.0. The van der Waals surface area contributed by atoms with Crippen LogP contribution in [-0.4, -0.2) is 16.5 Å². The summed E-state index contributed by atoms with van der Waals surface area (Å²) in [6, 6.07) is 0. The highest BCUT2D eigenvalue weighted by molar-refractivity contribution is 5.75. The van der Waals surface area contributed by atoms with Crippen molar-refractivity contribution in [3.05, 3.63) is 11.6 Å². The minimum Gasteiger partial charge on any atom is -0.390 e. The van der Waals surface area contributed by atoms with E-state index in [4.69, 9.17) is 0 Å². The Morgan fingerprint density at radius 1 is 1.27 bits per heavy atom. The van der Waals surface area contributed by atoms with E-state index in [0.717, 1.165) is 25.7 Å². The lowest BCUT2D eigenvalue weighted by atomic mass is 9.99. The SMILES string of the molecule is CC(=O)CC/C=C(/C)CCCC(C)(C)O. The predicted molar refractivity (Wildman–Crippen MR) is 63.8 cm³/mol. The van der Waals surface area contributed by atoms with Gasteiger partial charge in [-0.05, 0) is 53.4 Å². The first-order chi connectivity index (χ1) is 6.81. The molecule has 0 spiro atoms. The number of hydrogen-bond donors (Lipinski definition) is 1. The third kappa shape index (κ3) is 11.3. The second kappa shape index (κ2) is 6.78. The van der Waals surface area contributed by atoms with Crippen molar-refractivity contribution >= 4 is 5.78 Å². The van der Waals surface area contributed by atoms with Crippen LogP contribution in [0.3, 0.4) is 0 Å². The van der Waals surface area contributed by atoms with Gasteiger partial charge in [-0.1, -0.05) is 11.6 Å². The van der Waals surface area contributed by atoms with Gasteiger partial charge in [0.1, 0.15) is 5.78 Å². The zero-order valence-corrected chi connectivity index (χ0v) is 10.5. The Labute approximate surface area is 93.4 Å². The summed E-state index contributed by atoms with van der Waals surface area (Å²) in [6.45, 7) is 7.38. The molecule has 2 nitrogen and oxygen atoms in total. The van der Waals surface area contributed by atoms with E-state index in [1.807, 2.05) is 13.8 Å². The van der Waals surface area contributed by atoms with Gasteiger partial charge in [0.15, 0.2) is 0 Å². The van der Waals surface area contributed by atoms with E-state index < -0.39 is 5.60 Å². The molecule has 0 heterocycles. The van der Waals surface area contributed by atoms with Crippen molar-refractivity contribution < 1.29 is 9.90 Å². The van der Waals surface area contributed by atoms with Crippen molar-refractivity contribution in [2.24, 2.45) is 0 Å². The van der Waals surface area contributed by atoms with E-state index in [9.17, 15) is 9.90 Å². The lowest BCUT2D eigenvalue weighted by Gasteiger charge is -2.16. The van der Waals surface area contributed by atoms with Crippen molar-refractivity contribution in [3.63, 3.8) is 0 Å². The largest absolute Gasteiger partial charge is 0.390 e. The number of rotatable bonds is 7. The maximum absolute atomic E-state index is 10.7. The Balaban J connectivity index is 3.64. The quantitative estimate of drug-likeness (QED) is 0.658. The summed E-state index contributed by atoms with van der Waals surface area (Å²) in [5, 5.41) is 9.52. The summed E-state index contributed by atoms with van der Waals surface area (Å²) in [4.78, 5) is 10.7. The van der Waals surface area contributed by atoms with Crippen LogP contribution in [-0.2, 0) is 4.79 Å². The number of ketones is 1. The summed E-state index contributed by atoms with van der Waals surface area (Å²) >= 11 is 0. The highest BCUT2D eigenvalue weighted by Gasteiger charge is 2.10. The van der Waals surface area contributed by atoms with Crippen molar-refractivity contribution in [2.75, 3.05) is 0 Å². The molecule has 0 rings (SSSR count). The van der Waals surface area contributed by atoms with Crippen molar-refractivity contribution in [1.82, 2.24) is 0 Å². The topological polar surface area (TPSA) is 37.3 Å². The number of hydrogen-bond acceptors (Lipinski definition) is 2. The Morgan fingerprint density at radius 3 is 2.33 bits per heavy atom. The fraction of sp³-hybridized carbons (Fsp3) is 0.769. The van der Waals surface area contributed by atoms with Crippen molar-refractivity contribution in [1.29, 1.82) is 0 Å². The van der Waals surface area contributed by atoms with Gasteiger partial charge in [-0.2, -0.15) is 0 Å². The van der Waals surface area contributed by atoms with Gasteiger partial charge < -0.3 is 9.90 Å². The number of Topliss-reactive ketones (excluding diaryl/α,β-unsaturated/α-hetero) is 1. The van der Waals surface area contributed by atoms with E-state index in [1.54, 1.807) is 6.92 Å². The highest BCUT2D eigenvalue weighted by atomic mass is 16.3. The molecule has 0 aliphatic heterocycles. The first kappa shape index (κ1) is 14.4. The average molecular weight is 212 g/mol. The first-order valence-electron chi connectivity index (χ1n) is 5.69. The molecule has 0 fully saturated rings. The summed E-state index contributed by atoms with van der Waals surface area (Å²) in [5.74, 6) is 0.246. The van der Waals surface area contributed by atoms with E-state index >= 15 is 0 Å². The molecule has 0 aromatic rings. The average Bonchev–Trinajstić information content (AvgIpc) is 2.00. The van der Waals surface area contributed by atoms with Crippen LogP contribution in [0.2, 0.25) is 0 Å². The molecular formula is C13H24O2. The van der Waals surface area contributed by atoms with E-state index in [1.165, 1.54) is 5.57 Å². The third-order valence-corrected chi connectivity index (χ3v) is 2.35. The maximum atomic E-state index is 10.7. The molecule has 0 aromatic carbocycles. The molecule has 15 heavy (non-hydrogen) atoms. The van der Waals surface area contributed by atoms with Crippen LogP contribution in [0.15, 0.2) is 11.6 Å². The molecule has 0 bridgehead atoms. The molecule has 0 aliphatic carbocycles. The molecule has 0 saturated heterocycles. The lowest BCUT2D eigenvalue weighted by molar-refractivity contribution is -0.116. The van der Waals surface area contributed by atoms with Crippen LogP contribution < -0.4 is 0 Å². The Bertz CT molecular complexity index is 221. The van der Waals surface area contributed by atoms with Crippen molar-refractivity contribution in [2.45, 2.75) is 65.4 Å². The number of allylic oxidation sites excluding steroid dienone is 2. The number of carbonyl (C=O) groups excluding carboxylic acids is 1. The van der Waals surface area contributed by atoms with Gasteiger partial charge >= 0.3 is 0 Å². The van der Waals surface area contributed by atoms with E-state index in [0.29, 0.717) is 6.42 Å². The molecule has 2 heteroatoms. The molecule has 88 valence electrons. The van der Waals surface area contributed by atoms with Crippen molar-refractivity contribution in [3.8, 4) is 0 Å². The van der Waals surface area contributed by atoms with Gasteiger partial charge in [0.2, 0.25) is 0 Å². The van der Waals surface area contributed by atoms with E-state index in [2.05, 4.69) is 13.0 Å². The van der Waals surface area contributed by atoms with Gasteiger partial charge in [-0.15, -0.1) is 0 Å². The van der Waals surface area contributed by atoms with Crippen LogP contribution in [0.1, 0.15) is 59.8 Å². The standard InChI is InChI=1S/C13H24O2/c1-11(7-5-9-12(2)14)8-6-10-13(3,4)15/h7,15H,5-6,8-10H2,1-4H3/b11-7-. The Kier molecular flexibility index (Phi) is 6.50. The molecule has 0 saturated carbocycles. The second-order valence-corrected chi connectivity index (χ2v) is 4.96. The van der Waals surface area contributed by atoms with E-state index in [-0.39, 0.29) is 5.78 Å². The smallest absolute Gasteiger partial charge is 0.130 e. The van der Waals surface area contributed by atoms with Crippen LogP contribution in [0, 0.1) is 0 Å². The maximum Gasteiger partial charge on any atom is 0.130 e. The summed E-state index contributed by atoms with van der Waals surface area (Å²) in [7, 11) is 0. The van der Waals surface area contributed by atoms with Gasteiger partial charge in [0, 0.05) is 6.42 Å². The monoisotopic (exact) mass is 212 g/mol. The first-order valence-corrected chi connectivity index (χ1v) is 5.69. The Hall–Kier alpha value is -0.630. The zero-order chi connectivity index (χ0) is 11.9. The van der Waals surface area contributed by atoms with Crippen LogP contribution in [0.4, 0.5) is 0 Å². The predicted octanol–water partition coefficient (Wildman–Crippen LogP) is 3.24. The number of aliphatic hydroxyl groups is 1. The molecule has 0 aromatic heterocycles. The molecule has 0 aliphatic rings. The molecule has 0 atom stereocenters. The summed E-state index contributed by atoms with van der Waals surface area (Å²) in [5.41, 5.74) is 0.764. The molecule has 1 N–H and O–H groups in total. The Morgan fingerprint density at radius 2 is 1.87 bits per heavy atom. The second-order valence-electron chi connectivity index (χ2n) is 4.96. The van der Waals surface area contributed by atoms with Crippen LogP contribution >= 0.6 is 0 Å². The number of carbonyl (C=O) groups is 1. The third-order valence-electron chi connectivity index (χ3n) is 2.35. The minimum absolute atomic E-state index is 0.246. The van der Waals surface area contributed by atoms with Gasteiger partial charge in [0.05, 0.1) is 5.60 Å². The fourth-order valence-corrected chi connectivity index (χ4v) is 1.42. The lowest BCUT2D eigenvalue weighted by Crippen LogP contribution is -2.17. The zero-order valence-electron chi connectivity index (χ0n) is 10.5. The molecule has 0 amide bonds. The molecule has 0 radical (unpaired) electrons. The van der Waals surface area contributed by atoms with Gasteiger partial charge in [-0.25, -0.2) is 0 Å². The molecule has 0 unspecified atom stereocenters. The van der Waals surface area contributed by atoms with Crippen LogP contribution in [0.5, 0.6) is 0 Å². The minimum atomic E-state index is -0.556. The fourth-order valence-electron chi connectivity index (χ4n) is 1.42. The summed E-state index contributed by atoms with van der Waals surface area (Å²) < 4.78 is 0.